The first-order chi connectivity index (χ1) is 19.3. The zero-order valence-electron chi connectivity index (χ0n) is 23.4. The molecule has 1 aliphatic heterocycles. The van der Waals surface area contributed by atoms with Gasteiger partial charge in [-0.25, -0.2) is 4.98 Å². The first-order valence-corrected chi connectivity index (χ1v) is 13.7. The van der Waals surface area contributed by atoms with Crippen molar-refractivity contribution in [3.8, 4) is 22.3 Å². The number of pyridine rings is 1. The number of anilines is 3. The quantitative estimate of drug-likeness (QED) is 0.210. The van der Waals surface area contributed by atoms with Gasteiger partial charge >= 0.3 is 7.12 Å². The van der Waals surface area contributed by atoms with Gasteiger partial charge in [-0.3, -0.25) is 4.90 Å². The number of benzene rings is 4. The Kier molecular flexibility index (Phi) is 6.79. The molecule has 4 aromatic carbocycles. The second kappa shape index (κ2) is 10.4. The molecule has 1 fully saturated rings. The van der Waals surface area contributed by atoms with Crippen LogP contribution in [0.3, 0.4) is 0 Å². The highest BCUT2D eigenvalue weighted by Crippen LogP contribution is 2.38. The van der Waals surface area contributed by atoms with Gasteiger partial charge in [0.25, 0.3) is 0 Å². The fraction of sp³-hybridized carbons (Fsp3) is 0.171. The van der Waals surface area contributed by atoms with Crippen molar-refractivity contribution in [3.05, 3.63) is 128 Å². The Labute approximate surface area is 237 Å². The highest BCUT2D eigenvalue weighted by atomic mass is 16.7. The van der Waals surface area contributed by atoms with Crippen molar-refractivity contribution in [1.29, 1.82) is 0 Å². The van der Waals surface area contributed by atoms with Crippen LogP contribution in [0.4, 0.5) is 17.2 Å². The minimum atomic E-state index is -0.449. The summed E-state index contributed by atoms with van der Waals surface area (Å²) in [5, 5.41) is 0. The summed E-state index contributed by atoms with van der Waals surface area (Å²) in [5.74, 6) is 0.820. The van der Waals surface area contributed by atoms with E-state index >= 15 is 0 Å². The van der Waals surface area contributed by atoms with Crippen LogP contribution >= 0.6 is 0 Å². The summed E-state index contributed by atoms with van der Waals surface area (Å²) < 4.78 is 12.5. The highest BCUT2D eigenvalue weighted by molar-refractivity contribution is 6.62. The molecular weight excluding hydrogens is 491 g/mol. The monoisotopic (exact) mass is 524 g/mol. The lowest BCUT2D eigenvalue weighted by atomic mass is 9.80. The lowest BCUT2D eigenvalue weighted by molar-refractivity contribution is 0.00578. The molecule has 0 aliphatic carbocycles. The molecule has 198 valence electrons. The normalized spacial score (nSPS) is 15.7. The molecule has 1 aliphatic rings. The number of hydrogen-bond acceptors (Lipinski definition) is 4. The lowest BCUT2D eigenvalue weighted by Crippen LogP contribution is -2.41. The summed E-state index contributed by atoms with van der Waals surface area (Å²) in [5.41, 5.74) is 6.90. The summed E-state index contributed by atoms with van der Waals surface area (Å²) in [7, 11) is -0.449. The summed E-state index contributed by atoms with van der Waals surface area (Å²) in [4.78, 5) is 7.08. The number of rotatable bonds is 6. The topological polar surface area (TPSA) is 34.6 Å². The average Bonchev–Trinajstić information content (AvgIpc) is 3.21. The van der Waals surface area contributed by atoms with Crippen LogP contribution in [0.5, 0.6) is 0 Å². The van der Waals surface area contributed by atoms with Crippen LogP contribution < -0.4 is 10.4 Å². The second-order valence-corrected chi connectivity index (χ2v) is 11.2. The molecule has 4 nitrogen and oxygen atoms in total. The number of hydrogen-bond donors (Lipinski definition) is 0. The van der Waals surface area contributed by atoms with Crippen LogP contribution in [-0.4, -0.2) is 23.3 Å². The third kappa shape index (κ3) is 5.06. The molecule has 0 amide bonds. The molecular formula is C35H33BN2O2. The van der Waals surface area contributed by atoms with Crippen molar-refractivity contribution in [3.63, 3.8) is 0 Å². The molecule has 0 N–H and O–H groups in total. The van der Waals surface area contributed by atoms with Crippen molar-refractivity contribution in [1.82, 2.24) is 4.98 Å². The molecule has 0 spiro atoms. The van der Waals surface area contributed by atoms with Gasteiger partial charge in [0, 0.05) is 23.0 Å². The van der Waals surface area contributed by atoms with E-state index < -0.39 is 18.3 Å². The van der Waals surface area contributed by atoms with Crippen LogP contribution in [0.15, 0.2) is 128 Å². The maximum Gasteiger partial charge on any atom is 0.496 e. The molecule has 0 atom stereocenters. The number of aromatic nitrogens is 1. The Balaban J connectivity index is 1.35. The molecule has 0 unspecified atom stereocenters. The van der Waals surface area contributed by atoms with E-state index in [9.17, 15) is 0 Å². The third-order valence-electron chi connectivity index (χ3n) is 7.99. The third-order valence-corrected chi connectivity index (χ3v) is 7.99. The van der Waals surface area contributed by atoms with E-state index in [0.29, 0.717) is 0 Å². The van der Waals surface area contributed by atoms with Crippen LogP contribution in [0.1, 0.15) is 27.7 Å². The highest BCUT2D eigenvalue weighted by Gasteiger charge is 2.51. The summed E-state index contributed by atoms with van der Waals surface area (Å²) in [6, 6.07) is 42.2. The summed E-state index contributed by atoms with van der Waals surface area (Å²) >= 11 is 0. The van der Waals surface area contributed by atoms with E-state index in [1.165, 1.54) is 22.3 Å². The van der Waals surface area contributed by atoms with Crippen molar-refractivity contribution >= 4 is 29.8 Å². The van der Waals surface area contributed by atoms with Crippen molar-refractivity contribution in [2.45, 2.75) is 38.9 Å². The molecule has 6 rings (SSSR count). The van der Waals surface area contributed by atoms with Crippen molar-refractivity contribution in [2.75, 3.05) is 4.90 Å². The lowest BCUT2D eigenvalue weighted by Gasteiger charge is -2.32. The summed E-state index contributed by atoms with van der Waals surface area (Å²) in [6.45, 7) is 8.26. The minimum absolute atomic E-state index is 0.399. The predicted octanol–water partition coefficient (Wildman–Crippen LogP) is 8.18. The maximum absolute atomic E-state index is 6.25. The Hall–Kier alpha value is -4.19. The van der Waals surface area contributed by atoms with Gasteiger partial charge in [0.2, 0.25) is 0 Å². The first kappa shape index (κ1) is 26.1. The van der Waals surface area contributed by atoms with E-state index in [4.69, 9.17) is 14.3 Å². The summed E-state index contributed by atoms with van der Waals surface area (Å²) in [6.07, 6.45) is 1.86. The second-order valence-electron chi connectivity index (χ2n) is 11.2. The zero-order chi connectivity index (χ0) is 27.7. The first-order valence-electron chi connectivity index (χ1n) is 13.7. The molecule has 5 aromatic rings. The fourth-order valence-electron chi connectivity index (χ4n) is 4.93. The molecule has 0 bridgehead atoms. The van der Waals surface area contributed by atoms with Gasteiger partial charge < -0.3 is 9.31 Å². The van der Waals surface area contributed by atoms with Gasteiger partial charge in [0.05, 0.1) is 11.2 Å². The van der Waals surface area contributed by atoms with Gasteiger partial charge in [-0.1, -0.05) is 91.0 Å². The van der Waals surface area contributed by atoms with E-state index in [1.807, 2.05) is 30.5 Å². The van der Waals surface area contributed by atoms with Gasteiger partial charge in [-0.2, -0.15) is 0 Å². The SMILES string of the molecule is CC1(C)OB(c2ccc(N(c3ccc(-c4ccccc4)cc3)c3ccc(-c4ccccc4)cc3)nc2)OC1(C)C. The van der Waals surface area contributed by atoms with Crippen LogP contribution in [0.2, 0.25) is 0 Å². The number of nitrogens with zero attached hydrogens (tertiary/aromatic N) is 2. The smallest absolute Gasteiger partial charge is 0.399 e. The maximum atomic E-state index is 6.25. The van der Waals surface area contributed by atoms with Crippen molar-refractivity contribution < 1.29 is 9.31 Å². The van der Waals surface area contributed by atoms with E-state index in [2.05, 4.69) is 130 Å². The molecule has 2 heterocycles. The Morgan fingerprint density at radius 1 is 0.525 bits per heavy atom. The Morgan fingerprint density at radius 2 is 0.950 bits per heavy atom. The Morgan fingerprint density at radius 3 is 1.35 bits per heavy atom. The van der Waals surface area contributed by atoms with E-state index in [0.717, 1.165) is 22.7 Å². The molecule has 0 radical (unpaired) electrons. The predicted molar refractivity (Wildman–Crippen MR) is 166 cm³/mol. The van der Waals surface area contributed by atoms with E-state index in [-0.39, 0.29) is 0 Å². The van der Waals surface area contributed by atoms with Crippen LogP contribution in [0, 0.1) is 0 Å². The van der Waals surface area contributed by atoms with Crippen LogP contribution in [0.25, 0.3) is 22.3 Å². The largest absolute Gasteiger partial charge is 0.496 e. The molecule has 1 saturated heterocycles. The van der Waals surface area contributed by atoms with Gasteiger partial charge in [-0.15, -0.1) is 0 Å². The van der Waals surface area contributed by atoms with Crippen molar-refractivity contribution in [2.24, 2.45) is 0 Å². The fourth-order valence-corrected chi connectivity index (χ4v) is 4.93. The minimum Gasteiger partial charge on any atom is -0.399 e. The molecule has 1 aromatic heterocycles. The van der Waals surface area contributed by atoms with E-state index in [1.54, 1.807) is 0 Å². The molecule has 40 heavy (non-hydrogen) atoms. The molecule has 5 heteroatoms. The molecule has 0 saturated carbocycles. The zero-order valence-corrected chi connectivity index (χ0v) is 23.4. The van der Waals surface area contributed by atoms with Gasteiger partial charge in [-0.05, 0) is 80.3 Å². The van der Waals surface area contributed by atoms with Gasteiger partial charge in [0.1, 0.15) is 5.82 Å². The van der Waals surface area contributed by atoms with Gasteiger partial charge in [0.15, 0.2) is 0 Å². The van der Waals surface area contributed by atoms with Crippen LogP contribution in [-0.2, 0) is 9.31 Å². The Bertz CT molecular complexity index is 1470. The standard InChI is InChI=1S/C35H33BN2O2/c1-34(2)35(3,4)40-36(39-34)30-19-24-33(37-25-30)38(31-20-15-28(16-21-31)26-11-7-5-8-12-26)32-22-17-29(18-23-32)27-13-9-6-10-14-27/h5-25H,1-4H3. The average molecular weight is 524 g/mol.